The Bertz CT molecular complexity index is 3650. The highest BCUT2D eigenvalue weighted by molar-refractivity contribution is 7.25. The number of aryl methyl sites for hydroxylation is 6. The van der Waals surface area contributed by atoms with E-state index in [0.29, 0.717) is 0 Å². The smallest absolute Gasteiger partial charge is 0.0452 e. The molecule has 0 N–H and O–H groups in total. The maximum absolute atomic E-state index is 2.50. The third-order valence-electron chi connectivity index (χ3n) is 15.3. The molecule has 0 amide bonds. The van der Waals surface area contributed by atoms with E-state index in [9.17, 15) is 0 Å². The highest BCUT2D eigenvalue weighted by atomic mass is 32.1. The molecule has 0 spiro atoms. The Morgan fingerprint density at radius 1 is 0.343 bits per heavy atom. The summed E-state index contributed by atoms with van der Waals surface area (Å²) in [5, 5.41) is 0. The number of hydrogen-bond acceptors (Lipinski definition) is 6. The van der Waals surface area contributed by atoms with Crippen LogP contribution in [0, 0.1) is 55.4 Å². The Morgan fingerprint density at radius 3 is 1.27 bits per heavy atom. The van der Waals surface area contributed by atoms with Crippen LogP contribution in [0.5, 0.6) is 0 Å². The van der Waals surface area contributed by atoms with Gasteiger partial charge in [-0.05, 0) is 218 Å². The highest BCUT2D eigenvalue weighted by Crippen LogP contribution is 2.63. The molecule has 0 nitrogen and oxygen atoms in total. The van der Waals surface area contributed by atoms with Gasteiger partial charge in [0.05, 0.1) is 0 Å². The standard InChI is InChI=1S/C34H32S3.C18H14S2.C12H12S/c1-17-9-11-21(12-10-17)24-13-14-25(36-24)26-16-23-32(37-26)28-20(4)29-27(19(3)30(28)34(23,7)8)31-22(33(29,5)6)15-18(2)35-31;1-9-3-13-5-11-8-16-12(7-15(11)17(13)19-9)6-14-4-10(2)20-18(14)16;1-9-3-6-11(7-4-9)12-8-5-10(2)13-12/h9-16H,1-8H3;3-4,7-8H,5-6H2,1-2H3;3-8H,1-2H3. The molecule has 70 heavy (non-hydrogen) atoms. The van der Waals surface area contributed by atoms with E-state index in [1.165, 1.54) is 148 Å². The van der Waals surface area contributed by atoms with Crippen molar-refractivity contribution in [2.75, 3.05) is 0 Å². The van der Waals surface area contributed by atoms with Gasteiger partial charge >= 0.3 is 0 Å². The molecular formula is C64H58S6. The first kappa shape index (κ1) is 46.2. The molecule has 10 aromatic rings. The molecule has 4 aromatic carbocycles. The second-order valence-corrected chi connectivity index (χ2v) is 28.4. The van der Waals surface area contributed by atoms with E-state index >= 15 is 0 Å². The lowest BCUT2D eigenvalue weighted by Crippen LogP contribution is -2.20. The summed E-state index contributed by atoms with van der Waals surface area (Å²) in [6.45, 7) is 27.6. The fourth-order valence-electron chi connectivity index (χ4n) is 12.0. The molecule has 4 aliphatic rings. The molecule has 0 atom stereocenters. The lowest BCUT2D eigenvalue weighted by atomic mass is 9.74. The van der Waals surface area contributed by atoms with E-state index in [2.05, 4.69) is 192 Å². The first-order chi connectivity index (χ1) is 33.4. The van der Waals surface area contributed by atoms with Crippen LogP contribution >= 0.6 is 68.0 Å². The first-order valence-corrected chi connectivity index (χ1v) is 29.4. The van der Waals surface area contributed by atoms with E-state index in [-0.39, 0.29) is 10.8 Å². The molecule has 6 heterocycles. The third-order valence-corrected chi connectivity index (χ3v) is 22.2. The van der Waals surface area contributed by atoms with Crippen LogP contribution in [0.15, 0.2) is 109 Å². The molecule has 350 valence electrons. The molecule has 14 rings (SSSR count). The molecule has 0 bridgehead atoms. The van der Waals surface area contributed by atoms with Gasteiger partial charge in [0.2, 0.25) is 0 Å². The largest absolute Gasteiger partial charge is 0.141 e. The Labute approximate surface area is 439 Å². The van der Waals surface area contributed by atoms with Crippen molar-refractivity contribution in [3.63, 3.8) is 0 Å². The molecule has 0 saturated carbocycles. The lowest BCUT2D eigenvalue weighted by molar-refractivity contribution is 0.646. The van der Waals surface area contributed by atoms with Gasteiger partial charge in [-0.2, -0.15) is 0 Å². The lowest BCUT2D eigenvalue weighted by Gasteiger charge is -2.29. The zero-order valence-electron chi connectivity index (χ0n) is 42.3. The van der Waals surface area contributed by atoms with Gasteiger partial charge in [-0.25, -0.2) is 0 Å². The zero-order valence-corrected chi connectivity index (χ0v) is 47.2. The van der Waals surface area contributed by atoms with E-state index in [1.54, 1.807) is 11.1 Å². The molecular weight excluding hydrogens is 961 g/mol. The summed E-state index contributed by atoms with van der Waals surface area (Å²) in [5.74, 6) is 0. The van der Waals surface area contributed by atoms with Crippen LogP contribution in [0.4, 0.5) is 0 Å². The molecule has 0 saturated heterocycles. The first-order valence-electron chi connectivity index (χ1n) is 24.5. The maximum atomic E-state index is 2.50. The van der Waals surface area contributed by atoms with Crippen LogP contribution in [-0.2, 0) is 23.7 Å². The Hall–Kier alpha value is -4.92. The van der Waals surface area contributed by atoms with E-state index < -0.39 is 0 Å². The number of thiophene rings is 6. The van der Waals surface area contributed by atoms with E-state index in [1.807, 2.05) is 68.0 Å². The zero-order chi connectivity index (χ0) is 48.7. The molecule has 0 unspecified atom stereocenters. The third kappa shape index (κ3) is 7.41. The van der Waals surface area contributed by atoms with Crippen LogP contribution in [0.25, 0.3) is 72.4 Å². The van der Waals surface area contributed by atoms with Crippen molar-refractivity contribution in [1.29, 1.82) is 0 Å². The van der Waals surface area contributed by atoms with Gasteiger partial charge in [0.15, 0.2) is 0 Å². The topological polar surface area (TPSA) is 0 Å². The number of hydrogen-bond donors (Lipinski definition) is 0. The van der Waals surface area contributed by atoms with Crippen molar-refractivity contribution in [3.8, 4) is 72.4 Å². The van der Waals surface area contributed by atoms with Gasteiger partial charge in [0, 0.05) is 69.4 Å². The molecule has 0 radical (unpaired) electrons. The van der Waals surface area contributed by atoms with Crippen LogP contribution in [0.3, 0.4) is 0 Å². The molecule has 0 aliphatic heterocycles. The van der Waals surface area contributed by atoms with Crippen LogP contribution in [0.1, 0.15) is 114 Å². The summed E-state index contributed by atoms with van der Waals surface area (Å²) >= 11 is 11.7. The van der Waals surface area contributed by atoms with Crippen LogP contribution < -0.4 is 0 Å². The van der Waals surface area contributed by atoms with Crippen LogP contribution in [0.2, 0.25) is 0 Å². The summed E-state index contributed by atoms with van der Waals surface area (Å²) in [6.07, 6.45) is 2.25. The number of rotatable bonds is 3. The number of fused-ring (bicyclic) bond motifs is 12. The monoisotopic (exact) mass is 1020 g/mol. The second kappa shape index (κ2) is 16.8. The van der Waals surface area contributed by atoms with Crippen molar-refractivity contribution in [2.45, 2.75) is 107 Å². The molecule has 4 aliphatic carbocycles. The van der Waals surface area contributed by atoms with Crippen molar-refractivity contribution >= 4 is 68.0 Å². The van der Waals surface area contributed by atoms with Gasteiger partial charge < -0.3 is 0 Å². The quantitative estimate of drug-likeness (QED) is 0.165. The van der Waals surface area contributed by atoms with E-state index in [4.69, 9.17) is 0 Å². The predicted octanol–water partition coefficient (Wildman–Crippen LogP) is 20.7. The molecule has 6 heteroatoms. The van der Waals surface area contributed by atoms with Gasteiger partial charge in [-0.15, -0.1) is 68.0 Å². The SMILES string of the molecule is Cc1cc2c(s1)-c1cc3c(cc1C2)-c1sc(C)cc1C3.Cc1ccc(-c2ccc(-c3cc4c(s3)-c3c(C)c5c(c(C)c3C4(C)C)-c3sc(C)cc3C5(C)C)s2)cc1.Cc1ccc(-c2ccc(C)s2)cc1. The average Bonchev–Trinajstić information content (AvgIpc) is 4.17. The Balaban J connectivity index is 0.000000126. The van der Waals surface area contributed by atoms with Gasteiger partial charge in [-0.3, -0.25) is 0 Å². The summed E-state index contributed by atoms with van der Waals surface area (Å²) in [7, 11) is 0. The molecule has 0 fully saturated rings. The number of benzene rings is 4. The fraction of sp³-hybridized carbons (Fsp3) is 0.250. The predicted molar refractivity (Wildman–Crippen MR) is 312 cm³/mol. The van der Waals surface area contributed by atoms with Crippen LogP contribution in [-0.4, -0.2) is 0 Å². The van der Waals surface area contributed by atoms with Gasteiger partial charge in [-0.1, -0.05) is 87.4 Å². The van der Waals surface area contributed by atoms with Crippen molar-refractivity contribution in [3.05, 3.63) is 195 Å². The minimum atomic E-state index is -0.000460. The van der Waals surface area contributed by atoms with E-state index in [0.717, 1.165) is 12.8 Å². The van der Waals surface area contributed by atoms with Crippen molar-refractivity contribution < 1.29 is 0 Å². The summed E-state index contributed by atoms with van der Waals surface area (Å²) in [5.41, 5.74) is 26.6. The summed E-state index contributed by atoms with van der Waals surface area (Å²) in [6, 6.07) is 41.1. The Kier molecular flexibility index (Phi) is 11.1. The highest BCUT2D eigenvalue weighted by Gasteiger charge is 2.47. The maximum Gasteiger partial charge on any atom is 0.0452 e. The van der Waals surface area contributed by atoms with Gasteiger partial charge in [0.1, 0.15) is 0 Å². The normalized spacial score (nSPS) is 14.4. The minimum Gasteiger partial charge on any atom is -0.141 e. The Morgan fingerprint density at radius 2 is 0.771 bits per heavy atom. The minimum absolute atomic E-state index is 0.000460. The van der Waals surface area contributed by atoms with Gasteiger partial charge in [0.25, 0.3) is 0 Å². The second-order valence-electron chi connectivity index (χ2n) is 21.2. The van der Waals surface area contributed by atoms with Crippen molar-refractivity contribution in [2.24, 2.45) is 0 Å². The summed E-state index contributed by atoms with van der Waals surface area (Å²) in [4.78, 5) is 17.2. The average molecular weight is 1020 g/mol. The fourth-order valence-corrected chi connectivity index (χ4v) is 18.9. The summed E-state index contributed by atoms with van der Waals surface area (Å²) < 4.78 is 0. The van der Waals surface area contributed by atoms with Crippen molar-refractivity contribution in [1.82, 2.24) is 0 Å². The molecule has 6 aromatic heterocycles.